The number of hydrogen-bond acceptors (Lipinski definition) is 5. The summed E-state index contributed by atoms with van der Waals surface area (Å²) in [6, 6.07) is 6.91. The molecule has 6 nitrogen and oxygen atoms in total. The van der Waals surface area contributed by atoms with Crippen molar-refractivity contribution in [3.05, 3.63) is 41.2 Å². The van der Waals surface area contributed by atoms with Gasteiger partial charge >= 0.3 is 0 Å². The van der Waals surface area contributed by atoms with Gasteiger partial charge in [0.05, 0.1) is 12.7 Å². The molecule has 1 aromatic carbocycles. The van der Waals surface area contributed by atoms with Crippen LogP contribution in [0.3, 0.4) is 0 Å². The highest BCUT2D eigenvalue weighted by Crippen LogP contribution is 2.41. The third-order valence-electron chi connectivity index (χ3n) is 4.08. The van der Waals surface area contributed by atoms with Crippen molar-refractivity contribution < 1.29 is 24.1 Å². The number of nitrogens with zero attached hydrogens (tertiary/aromatic N) is 1. The molecule has 1 aliphatic heterocycles. The Labute approximate surface area is 130 Å². The van der Waals surface area contributed by atoms with Crippen LogP contribution in [-0.2, 0) is 24.7 Å². The first kappa shape index (κ1) is 16.9. The fraction of sp³-hybridized carbons (Fsp3) is 0.562. The second kappa shape index (κ2) is 6.73. The molecule has 0 amide bonds. The van der Waals surface area contributed by atoms with Gasteiger partial charge in [-0.25, -0.2) is 4.85 Å². The van der Waals surface area contributed by atoms with Crippen LogP contribution in [0.2, 0.25) is 0 Å². The van der Waals surface area contributed by atoms with E-state index < -0.39 is 30.2 Å². The Morgan fingerprint density at radius 1 is 1.18 bits per heavy atom. The quantitative estimate of drug-likeness (QED) is 0.860. The van der Waals surface area contributed by atoms with Crippen LogP contribution in [0.25, 0.3) is 4.85 Å². The molecule has 1 aliphatic rings. The molecule has 120 valence electrons. The molecule has 0 aliphatic carbocycles. The molecule has 1 fully saturated rings. The lowest BCUT2D eigenvalue weighted by Crippen LogP contribution is -2.63. The lowest BCUT2D eigenvalue weighted by Gasteiger charge is -2.49. The number of methoxy groups -OCH3 is 3. The maximum Gasteiger partial charge on any atom is 0.224 e. The number of aliphatic hydroxyl groups excluding tert-OH is 1. The van der Waals surface area contributed by atoms with Crippen LogP contribution in [-0.4, -0.2) is 50.9 Å². The summed E-state index contributed by atoms with van der Waals surface area (Å²) in [6.45, 7) is 8.79. The average molecular weight is 307 g/mol. The lowest BCUT2D eigenvalue weighted by molar-refractivity contribution is -0.366. The highest BCUT2D eigenvalue weighted by molar-refractivity contribution is 5.46. The van der Waals surface area contributed by atoms with Crippen LogP contribution < -0.4 is 0 Å². The Morgan fingerprint density at radius 3 is 2.27 bits per heavy atom. The van der Waals surface area contributed by atoms with Crippen LogP contribution >= 0.6 is 0 Å². The first-order valence-electron chi connectivity index (χ1n) is 6.98. The Hall–Kier alpha value is -1.49. The Balaban J connectivity index is 2.50. The van der Waals surface area contributed by atoms with Crippen LogP contribution in [0.15, 0.2) is 24.3 Å². The zero-order valence-corrected chi connectivity index (χ0v) is 13.1. The molecule has 0 radical (unpaired) electrons. The number of aliphatic hydroxyl groups is 1. The third-order valence-corrected chi connectivity index (χ3v) is 4.08. The van der Waals surface area contributed by atoms with Crippen molar-refractivity contribution in [2.75, 3.05) is 21.3 Å². The smallest absolute Gasteiger partial charge is 0.224 e. The summed E-state index contributed by atoms with van der Waals surface area (Å²) in [6.07, 6.45) is -2.60. The van der Waals surface area contributed by atoms with E-state index >= 15 is 0 Å². The third kappa shape index (κ3) is 2.62. The van der Waals surface area contributed by atoms with Gasteiger partial charge in [-0.2, -0.15) is 0 Å². The fourth-order valence-corrected chi connectivity index (χ4v) is 2.91. The number of benzene rings is 1. The molecule has 2 rings (SSSR count). The highest BCUT2D eigenvalue weighted by Gasteiger charge is 2.55. The van der Waals surface area contributed by atoms with Gasteiger partial charge in [0, 0.05) is 26.9 Å². The lowest BCUT2D eigenvalue weighted by atomic mass is 9.88. The molecule has 0 aromatic heterocycles. The van der Waals surface area contributed by atoms with E-state index in [1.165, 1.54) is 21.3 Å². The van der Waals surface area contributed by atoms with Crippen molar-refractivity contribution in [1.82, 2.24) is 0 Å². The molecular weight excluding hydrogens is 286 g/mol. The van der Waals surface area contributed by atoms with E-state index in [2.05, 4.69) is 4.85 Å². The monoisotopic (exact) mass is 307 g/mol. The normalized spacial score (nSPS) is 35.1. The first-order valence-corrected chi connectivity index (χ1v) is 6.98. The second-order valence-corrected chi connectivity index (χ2v) is 5.20. The van der Waals surface area contributed by atoms with Gasteiger partial charge in [0.2, 0.25) is 5.79 Å². The molecule has 5 atom stereocenters. The molecule has 1 heterocycles. The maximum atomic E-state index is 10.3. The van der Waals surface area contributed by atoms with E-state index in [1.54, 1.807) is 31.2 Å². The predicted molar refractivity (Wildman–Crippen MR) is 79.5 cm³/mol. The van der Waals surface area contributed by atoms with Crippen molar-refractivity contribution in [2.45, 2.75) is 37.1 Å². The summed E-state index contributed by atoms with van der Waals surface area (Å²) in [7, 11) is 4.55. The van der Waals surface area contributed by atoms with Crippen molar-refractivity contribution in [1.29, 1.82) is 0 Å². The molecule has 0 bridgehead atoms. The fourth-order valence-electron chi connectivity index (χ4n) is 2.91. The molecule has 1 N–H and O–H groups in total. The van der Waals surface area contributed by atoms with Crippen molar-refractivity contribution in [2.24, 2.45) is 0 Å². The summed E-state index contributed by atoms with van der Waals surface area (Å²) in [5, 5.41) is 10.3. The minimum absolute atomic E-state index is 0.503. The van der Waals surface area contributed by atoms with Crippen molar-refractivity contribution in [3.8, 4) is 0 Å². The van der Waals surface area contributed by atoms with Crippen LogP contribution in [0, 0.1) is 6.57 Å². The van der Waals surface area contributed by atoms with E-state index in [0.29, 0.717) is 11.3 Å². The number of hydrogen-bond donors (Lipinski definition) is 1. The Morgan fingerprint density at radius 2 is 1.82 bits per heavy atom. The van der Waals surface area contributed by atoms with Gasteiger partial charge in [-0.3, -0.25) is 0 Å². The Kier molecular flexibility index (Phi) is 5.16. The van der Waals surface area contributed by atoms with E-state index in [1.807, 2.05) is 0 Å². The van der Waals surface area contributed by atoms with Gasteiger partial charge in [0.15, 0.2) is 5.69 Å². The molecule has 1 saturated heterocycles. The van der Waals surface area contributed by atoms with Crippen molar-refractivity contribution in [3.63, 3.8) is 0 Å². The largest absolute Gasteiger partial charge is 0.388 e. The van der Waals surface area contributed by atoms with Crippen LogP contribution in [0.5, 0.6) is 0 Å². The van der Waals surface area contributed by atoms with Gasteiger partial charge in [-0.1, -0.05) is 24.3 Å². The summed E-state index contributed by atoms with van der Waals surface area (Å²) < 4.78 is 22.6. The maximum absolute atomic E-state index is 10.3. The zero-order chi connectivity index (χ0) is 16.3. The summed E-state index contributed by atoms with van der Waals surface area (Å²) in [5.41, 5.74) is 1.23. The molecule has 0 unspecified atom stereocenters. The standard InChI is InChI=1S/C16H21NO5/c1-10-13(18)14(19-3)15(20-4)16(21-5,22-10)11-6-8-12(17-2)9-7-11/h6-10,13-15,18H,1,3-5H3/t10-,13+,14+,15-,16+/m0/s1. The summed E-state index contributed by atoms with van der Waals surface area (Å²) in [5.74, 6) is -1.21. The number of ether oxygens (including phenoxy) is 4. The minimum atomic E-state index is -1.21. The second-order valence-electron chi connectivity index (χ2n) is 5.20. The molecule has 0 saturated carbocycles. The first-order chi connectivity index (χ1) is 10.5. The molecular formula is C16H21NO5. The SMILES string of the molecule is [C-]#[N+]c1ccc([C@@]2(OC)O[C@@H](C)[C@@H](O)[C@@H](OC)[C@@H]2OC)cc1. The van der Waals surface area contributed by atoms with E-state index in [4.69, 9.17) is 25.5 Å². The average Bonchev–Trinajstić information content (AvgIpc) is 2.56. The van der Waals surface area contributed by atoms with Crippen LogP contribution in [0.4, 0.5) is 5.69 Å². The van der Waals surface area contributed by atoms with Gasteiger partial charge < -0.3 is 24.1 Å². The van der Waals surface area contributed by atoms with Crippen molar-refractivity contribution >= 4 is 5.69 Å². The van der Waals surface area contributed by atoms with E-state index in [0.717, 1.165) is 0 Å². The van der Waals surface area contributed by atoms with Gasteiger partial charge in [0.1, 0.15) is 18.3 Å². The number of rotatable bonds is 4. The van der Waals surface area contributed by atoms with Gasteiger partial charge in [-0.05, 0) is 6.92 Å². The molecule has 0 spiro atoms. The minimum Gasteiger partial charge on any atom is -0.388 e. The molecule has 22 heavy (non-hydrogen) atoms. The van der Waals surface area contributed by atoms with Gasteiger partial charge in [0.25, 0.3) is 0 Å². The predicted octanol–water partition coefficient (Wildman–Crippen LogP) is 1.85. The summed E-state index contributed by atoms with van der Waals surface area (Å²) in [4.78, 5) is 3.38. The topological polar surface area (TPSA) is 61.5 Å². The van der Waals surface area contributed by atoms with E-state index in [-0.39, 0.29) is 0 Å². The highest BCUT2D eigenvalue weighted by atomic mass is 16.7. The zero-order valence-electron chi connectivity index (χ0n) is 13.1. The molecule has 1 aromatic rings. The van der Waals surface area contributed by atoms with Crippen LogP contribution in [0.1, 0.15) is 12.5 Å². The summed E-state index contributed by atoms with van der Waals surface area (Å²) >= 11 is 0. The Bertz CT molecular complexity index is 540. The molecule has 6 heteroatoms. The van der Waals surface area contributed by atoms with E-state index in [9.17, 15) is 5.11 Å². The van der Waals surface area contributed by atoms with Gasteiger partial charge in [-0.15, -0.1) is 0 Å².